The average Bonchev–Trinajstić information content (AvgIpc) is 2.78. The van der Waals surface area contributed by atoms with Gasteiger partial charge in [-0.25, -0.2) is 9.97 Å². The molecule has 0 aromatic carbocycles. The van der Waals surface area contributed by atoms with E-state index in [-0.39, 0.29) is 10.9 Å². The summed E-state index contributed by atoms with van der Waals surface area (Å²) >= 11 is 6.29. The Morgan fingerprint density at radius 3 is 2.61 bits per heavy atom. The minimum atomic E-state index is -0.114. The highest BCUT2D eigenvalue weighted by Gasteiger charge is 2.29. The van der Waals surface area contributed by atoms with Crippen molar-refractivity contribution in [2.45, 2.75) is 51.5 Å². The SMILES string of the molecule is CCC(C)(CC)n1c(C(C)Cl)nc2cccnc21. The van der Waals surface area contributed by atoms with E-state index in [0.29, 0.717) is 0 Å². The van der Waals surface area contributed by atoms with Crippen LogP contribution in [0.3, 0.4) is 0 Å². The number of aromatic nitrogens is 3. The first-order valence-electron chi connectivity index (χ1n) is 6.51. The second-order valence-electron chi connectivity index (χ2n) is 4.97. The van der Waals surface area contributed by atoms with Crippen LogP contribution in [0, 0.1) is 0 Å². The third-order valence-corrected chi connectivity index (χ3v) is 4.06. The molecule has 0 saturated carbocycles. The van der Waals surface area contributed by atoms with Gasteiger partial charge in [0.05, 0.1) is 5.38 Å². The molecule has 0 amide bonds. The van der Waals surface area contributed by atoms with E-state index in [9.17, 15) is 0 Å². The molecule has 0 bridgehead atoms. The Labute approximate surface area is 113 Å². The van der Waals surface area contributed by atoms with Gasteiger partial charge in [0, 0.05) is 11.7 Å². The molecule has 0 radical (unpaired) electrons. The Morgan fingerprint density at radius 2 is 2.06 bits per heavy atom. The largest absolute Gasteiger partial charge is 0.306 e. The number of fused-ring (bicyclic) bond motifs is 1. The minimum Gasteiger partial charge on any atom is -0.306 e. The fourth-order valence-corrected chi connectivity index (χ4v) is 2.44. The maximum absolute atomic E-state index is 6.29. The van der Waals surface area contributed by atoms with Gasteiger partial charge >= 0.3 is 0 Å². The van der Waals surface area contributed by atoms with E-state index >= 15 is 0 Å². The number of hydrogen-bond donors (Lipinski definition) is 0. The Hall–Kier alpha value is -1.09. The van der Waals surface area contributed by atoms with Crippen molar-refractivity contribution in [2.75, 3.05) is 0 Å². The van der Waals surface area contributed by atoms with Crippen LogP contribution in [0.2, 0.25) is 0 Å². The lowest BCUT2D eigenvalue weighted by molar-refractivity contribution is 0.292. The van der Waals surface area contributed by atoms with Crippen molar-refractivity contribution in [1.29, 1.82) is 0 Å². The third kappa shape index (κ3) is 2.01. The Balaban J connectivity index is 2.77. The van der Waals surface area contributed by atoms with E-state index in [1.165, 1.54) is 0 Å². The quantitative estimate of drug-likeness (QED) is 0.773. The van der Waals surface area contributed by atoms with E-state index in [1.54, 1.807) is 0 Å². The van der Waals surface area contributed by atoms with Crippen molar-refractivity contribution in [3.05, 3.63) is 24.2 Å². The monoisotopic (exact) mass is 265 g/mol. The molecule has 1 atom stereocenters. The van der Waals surface area contributed by atoms with Crippen LogP contribution in [0.15, 0.2) is 18.3 Å². The topological polar surface area (TPSA) is 30.7 Å². The van der Waals surface area contributed by atoms with E-state index in [2.05, 4.69) is 35.3 Å². The second kappa shape index (κ2) is 4.88. The van der Waals surface area contributed by atoms with Gasteiger partial charge in [-0.2, -0.15) is 0 Å². The highest BCUT2D eigenvalue weighted by Crippen LogP contribution is 2.33. The first-order valence-corrected chi connectivity index (χ1v) is 6.95. The Kier molecular flexibility index (Phi) is 3.62. The predicted octanol–water partition coefficient (Wildman–Crippen LogP) is 4.27. The summed E-state index contributed by atoms with van der Waals surface area (Å²) in [4.78, 5) is 9.13. The van der Waals surface area contributed by atoms with Crippen molar-refractivity contribution < 1.29 is 0 Å². The summed E-state index contributed by atoms with van der Waals surface area (Å²) in [5.41, 5.74) is 1.88. The molecule has 1 unspecified atom stereocenters. The average molecular weight is 266 g/mol. The first-order chi connectivity index (χ1) is 8.53. The van der Waals surface area contributed by atoms with Crippen molar-refractivity contribution >= 4 is 22.8 Å². The molecule has 0 aliphatic rings. The number of pyridine rings is 1. The van der Waals surface area contributed by atoms with Gasteiger partial charge in [0.25, 0.3) is 0 Å². The standard InChI is InChI=1S/C14H20ClN3/c1-5-14(4,6-2)18-12(10(3)15)17-11-8-7-9-16-13(11)18/h7-10H,5-6H2,1-4H3. The lowest BCUT2D eigenvalue weighted by atomic mass is 9.94. The zero-order valence-electron chi connectivity index (χ0n) is 11.4. The van der Waals surface area contributed by atoms with E-state index in [0.717, 1.165) is 29.8 Å². The van der Waals surface area contributed by atoms with Gasteiger partial charge in [0.1, 0.15) is 11.3 Å². The van der Waals surface area contributed by atoms with Gasteiger partial charge in [-0.05, 0) is 38.8 Å². The number of alkyl halides is 1. The highest BCUT2D eigenvalue weighted by atomic mass is 35.5. The molecule has 4 heteroatoms. The molecule has 98 valence electrons. The van der Waals surface area contributed by atoms with Crippen molar-refractivity contribution in [3.63, 3.8) is 0 Å². The molecule has 0 aliphatic heterocycles. The van der Waals surface area contributed by atoms with Gasteiger partial charge in [-0.3, -0.25) is 0 Å². The lowest BCUT2D eigenvalue weighted by Crippen LogP contribution is -2.30. The second-order valence-corrected chi connectivity index (χ2v) is 5.63. The molecule has 2 heterocycles. The van der Waals surface area contributed by atoms with Crippen LogP contribution in [0.1, 0.15) is 51.7 Å². The van der Waals surface area contributed by atoms with Crippen LogP contribution in [0.5, 0.6) is 0 Å². The fraction of sp³-hybridized carbons (Fsp3) is 0.571. The molecule has 0 saturated heterocycles. The first kappa shape index (κ1) is 13.3. The number of halogens is 1. The van der Waals surface area contributed by atoms with Crippen molar-refractivity contribution in [3.8, 4) is 0 Å². The van der Waals surface area contributed by atoms with E-state index in [4.69, 9.17) is 11.6 Å². The molecule has 2 rings (SSSR count). The molecule has 0 spiro atoms. The van der Waals surface area contributed by atoms with E-state index < -0.39 is 0 Å². The number of rotatable bonds is 4. The van der Waals surface area contributed by atoms with Gasteiger partial charge in [0.15, 0.2) is 5.65 Å². The third-order valence-electron chi connectivity index (χ3n) is 3.86. The van der Waals surface area contributed by atoms with Crippen LogP contribution in [-0.2, 0) is 5.54 Å². The lowest BCUT2D eigenvalue weighted by Gasteiger charge is -2.31. The number of nitrogens with zero attached hydrogens (tertiary/aromatic N) is 3. The van der Waals surface area contributed by atoms with Crippen LogP contribution in [0.4, 0.5) is 0 Å². The molecule has 2 aromatic rings. The fourth-order valence-electron chi connectivity index (χ4n) is 2.30. The maximum atomic E-state index is 6.29. The molecule has 0 aliphatic carbocycles. The molecular weight excluding hydrogens is 246 g/mol. The summed E-state index contributed by atoms with van der Waals surface area (Å²) in [6.07, 6.45) is 3.87. The van der Waals surface area contributed by atoms with Gasteiger partial charge in [-0.1, -0.05) is 13.8 Å². The summed E-state index contributed by atoms with van der Waals surface area (Å²) in [6, 6.07) is 3.91. The van der Waals surface area contributed by atoms with Crippen LogP contribution < -0.4 is 0 Å². The Morgan fingerprint density at radius 1 is 1.39 bits per heavy atom. The molecular formula is C14H20ClN3. The summed E-state index contributed by atoms with van der Waals surface area (Å²) in [6.45, 7) is 8.60. The van der Waals surface area contributed by atoms with Gasteiger partial charge in [0.2, 0.25) is 0 Å². The Bertz CT molecular complexity index is 541. The van der Waals surface area contributed by atoms with Crippen molar-refractivity contribution in [1.82, 2.24) is 14.5 Å². The van der Waals surface area contributed by atoms with Crippen LogP contribution >= 0.6 is 11.6 Å². The minimum absolute atomic E-state index is 0.0155. The summed E-state index contributed by atoms with van der Waals surface area (Å²) < 4.78 is 2.22. The van der Waals surface area contributed by atoms with Crippen LogP contribution in [-0.4, -0.2) is 14.5 Å². The van der Waals surface area contributed by atoms with Crippen molar-refractivity contribution in [2.24, 2.45) is 0 Å². The normalized spacial score (nSPS) is 14.1. The molecule has 0 N–H and O–H groups in total. The van der Waals surface area contributed by atoms with Crippen LogP contribution in [0.25, 0.3) is 11.2 Å². The molecule has 0 fully saturated rings. The number of imidazole rings is 1. The van der Waals surface area contributed by atoms with Gasteiger partial charge < -0.3 is 4.57 Å². The zero-order valence-corrected chi connectivity index (χ0v) is 12.2. The summed E-state index contributed by atoms with van der Waals surface area (Å²) in [5.74, 6) is 0.913. The number of hydrogen-bond acceptors (Lipinski definition) is 2. The zero-order chi connectivity index (χ0) is 13.3. The highest BCUT2D eigenvalue weighted by molar-refractivity contribution is 6.20. The summed E-state index contributed by atoms with van der Waals surface area (Å²) in [7, 11) is 0. The maximum Gasteiger partial charge on any atom is 0.160 e. The smallest absolute Gasteiger partial charge is 0.160 e. The predicted molar refractivity (Wildman–Crippen MR) is 76.0 cm³/mol. The molecule has 3 nitrogen and oxygen atoms in total. The summed E-state index contributed by atoms with van der Waals surface area (Å²) in [5, 5.41) is -0.114. The molecule has 18 heavy (non-hydrogen) atoms. The van der Waals surface area contributed by atoms with E-state index in [1.807, 2.05) is 25.3 Å². The molecule has 2 aromatic heterocycles. The van der Waals surface area contributed by atoms with Gasteiger partial charge in [-0.15, -0.1) is 11.6 Å².